The molecule has 1 aliphatic carbocycles. The number of thioether (sulfide) groups is 1. The van der Waals surface area contributed by atoms with E-state index in [-0.39, 0.29) is 17.9 Å². The highest BCUT2D eigenvalue weighted by atomic mass is 32.2. The van der Waals surface area contributed by atoms with Gasteiger partial charge in [0.1, 0.15) is 0 Å². The molecule has 0 aromatic heterocycles. The fourth-order valence-corrected chi connectivity index (χ4v) is 3.06. The molecule has 3 nitrogen and oxygen atoms in total. The lowest BCUT2D eigenvalue weighted by atomic mass is 10.1. The molecule has 1 aliphatic rings. The predicted molar refractivity (Wildman–Crippen MR) is 79.3 cm³/mol. The second-order valence-electron chi connectivity index (χ2n) is 5.10. The predicted octanol–water partition coefficient (Wildman–Crippen LogP) is 2.44. The van der Waals surface area contributed by atoms with E-state index in [1.807, 2.05) is 30.5 Å². The molecule has 0 heterocycles. The normalized spacial score (nSPS) is 22.4. The van der Waals surface area contributed by atoms with Gasteiger partial charge in [0, 0.05) is 23.8 Å². The number of amides is 1. The number of aliphatic hydroxyl groups is 1. The third kappa shape index (κ3) is 3.98. The van der Waals surface area contributed by atoms with Crippen LogP contribution in [0.15, 0.2) is 24.3 Å². The van der Waals surface area contributed by atoms with E-state index in [4.69, 9.17) is 0 Å². The van der Waals surface area contributed by atoms with E-state index in [0.29, 0.717) is 12.1 Å². The van der Waals surface area contributed by atoms with Crippen LogP contribution < -0.4 is 5.32 Å². The number of benzene rings is 1. The average molecular weight is 279 g/mol. The summed E-state index contributed by atoms with van der Waals surface area (Å²) >= 11 is 1.74. The fourth-order valence-electron chi connectivity index (χ4n) is 2.55. The summed E-state index contributed by atoms with van der Waals surface area (Å²) in [5.74, 6) is 1.10. The first-order valence-electron chi connectivity index (χ1n) is 6.75. The Morgan fingerprint density at radius 1 is 1.47 bits per heavy atom. The van der Waals surface area contributed by atoms with Crippen molar-refractivity contribution >= 4 is 17.7 Å². The molecule has 1 aromatic rings. The van der Waals surface area contributed by atoms with E-state index in [1.54, 1.807) is 11.8 Å². The van der Waals surface area contributed by atoms with Gasteiger partial charge in [-0.05, 0) is 36.8 Å². The largest absolute Gasteiger partial charge is 0.393 e. The second kappa shape index (κ2) is 6.96. The minimum atomic E-state index is -0.247. The Balaban J connectivity index is 1.90. The lowest BCUT2D eigenvalue weighted by Gasteiger charge is -2.15. The molecule has 0 radical (unpaired) electrons. The van der Waals surface area contributed by atoms with Crippen molar-refractivity contribution in [2.75, 3.05) is 12.8 Å². The smallest absolute Gasteiger partial charge is 0.251 e. The van der Waals surface area contributed by atoms with Gasteiger partial charge in [0.25, 0.3) is 5.91 Å². The van der Waals surface area contributed by atoms with Gasteiger partial charge in [-0.2, -0.15) is 11.8 Å². The highest BCUT2D eigenvalue weighted by Crippen LogP contribution is 2.24. The standard InChI is InChI=1S/C15H21NO2S/c1-19-10-11-4-2-5-12(8-11)15(18)16-9-13-6-3-7-14(13)17/h2,4-5,8,13-14,17H,3,6-7,9-10H2,1H3,(H,16,18). The number of rotatable bonds is 5. The first kappa shape index (κ1) is 14.4. The number of hydrogen-bond donors (Lipinski definition) is 2. The zero-order valence-corrected chi connectivity index (χ0v) is 12.1. The molecular weight excluding hydrogens is 258 g/mol. The molecule has 0 bridgehead atoms. The lowest BCUT2D eigenvalue weighted by Crippen LogP contribution is -2.32. The second-order valence-corrected chi connectivity index (χ2v) is 5.97. The maximum Gasteiger partial charge on any atom is 0.251 e. The summed E-state index contributed by atoms with van der Waals surface area (Å²) < 4.78 is 0. The van der Waals surface area contributed by atoms with Crippen LogP contribution in [-0.2, 0) is 5.75 Å². The van der Waals surface area contributed by atoms with Gasteiger partial charge in [0.05, 0.1) is 6.10 Å². The van der Waals surface area contributed by atoms with Crippen molar-refractivity contribution in [3.05, 3.63) is 35.4 Å². The van der Waals surface area contributed by atoms with Crippen LogP contribution in [0.3, 0.4) is 0 Å². The van der Waals surface area contributed by atoms with Crippen LogP contribution in [0.4, 0.5) is 0 Å². The van der Waals surface area contributed by atoms with Crippen molar-refractivity contribution in [3.63, 3.8) is 0 Å². The number of nitrogens with one attached hydrogen (secondary N) is 1. The molecule has 0 spiro atoms. The van der Waals surface area contributed by atoms with Gasteiger partial charge < -0.3 is 10.4 Å². The van der Waals surface area contributed by atoms with Crippen LogP contribution in [0.2, 0.25) is 0 Å². The first-order chi connectivity index (χ1) is 9.20. The summed E-state index contributed by atoms with van der Waals surface area (Å²) in [4.78, 5) is 12.1. The van der Waals surface area contributed by atoms with E-state index >= 15 is 0 Å². The summed E-state index contributed by atoms with van der Waals surface area (Å²) in [5, 5.41) is 12.7. The van der Waals surface area contributed by atoms with Crippen LogP contribution >= 0.6 is 11.8 Å². The zero-order chi connectivity index (χ0) is 13.7. The Morgan fingerprint density at radius 3 is 3.00 bits per heavy atom. The molecule has 2 atom stereocenters. The van der Waals surface area contributed by atoms with Crippen LogP contribution in [0.25, 0.3) is 0 Å². The Labute approximate surface area is 118 Å². The van der Waals surface area contributed by atoms with Gasteiger partial charge in [-0.1, -0.05) is 18.6 Å². The molecule has 2 unspecified atom stereocenters. The Kier molecular flexibility index (Phi) is 5.28. The van der Waals surface area contributed by atoms with Crippen LogP contribution in [0.1, 0.15) is 35.2 Å². The maximum absolute atomic E-state index is 12.1. The Bertz CT molecular complexity index is 436. The van der Waals surface area contributed by atoms with E-state index in [1.165, 1.54) is 5.56 Å². The van der Waals surface area contributed by atoms with Crippen LogP contribution in [-0.4, -0.2) is 29.9 Å². The monoisotopic (exact) mass is 279 g/mol. The van der Waals surface area contributed by atoms with Crippen molar-refractivity contribution in [1.29, 1.82) is 0 Å². The van der Waals surface area contributed by atoms with Gasteiger partial charge in [-0.3, -0.25) is 4.79 Å². The molecule has 19 heavy (non-hydrogen) atoms. The van der Waals surface area contributed by atoms with Crippen molar-refractivity contribution in [1.82, 2.24) is 5.32 Å². The van der Waals surface area contributed by atoms with Crippen LogP contribution in [0, 0.1) is 5.92 Å². The Hall–Kier alpha value is -1.00. The van der Waals surface area contributed by atoms with Crippen molar-refractivity contribution in [3.8, 4) is 0 Å². The molecule has 0 aliphatic heterocycles. The van der Waals surface area contributed by atoms with Gasteiger partial charge in [-0.25, -0.2) is 0 Å². The molecule has 2 N–H and O–H groups in total. The summed E-state index contributed by atoms with van der Waals surface area (Å²) in [7, 11) is 0. The van der Waals surface area contributed by atoms with E-state index in [0.717, 1.165) is 25.0 Å². The molecule has 0 saturated heterocycles. The summed E-state index contributed by atoms with van der Waals surface area (Å²) in [5.41, 5.74) is 1.88. The lowest BCUT2D eigenvalue weighted by molar-refractivity contribution is 0.0916. The Morgan fingerprint density at radius 2 is 2.32 bits per heavy atom. The molecule has 4 heteroatoms. The highest BCUT2D eigenvalue weighted by molar-refractivity contribution is 7.97. The molecule has 1 saturated carbocycles. The van der Waals surface area contributed by atoms with E-state index in [2.05, 4.69) is 5.32 Å². The molecule has 1 amide bonds. The summed E-state index contributed by atoms with van der Waals surface area (Å²) in [6, 6.07) is 7.74. The average Bonchev–Trinajstić information content (AvgIpc) is 2.82. The number of aliphatic hydroxyl groups excluding tert-OH is 1. The zero-order valence-electron chi connectivity index (χ0n) is 11.3. The molecule has 1 fully saturated rings. The maximum atomic E-state index is 12.1. The molecule has 2 rings (SSSR count). The van der Waals surface area contributed by atoms with Crippen molar-refractivity contribution in [2.24, 2.45) is 5.92 Å². The van der Waals surface area contributed by atoms with E-state index in [9.17, 15) is 9.90 Å². The quantitative estimate of drug-likeness (QED) is 0.870. The summed E-state index contributed by atoms with van der Waals surface area (Å²) in [6.45, 7) is 0.576. The minimum Gasteiger partial charge on any atom is -0.393 e. The topological polar surface area (TPSA) is 49.3 Å². The van der Waals surface area contributed by atoms with Crippen LogP contribution in [0.5, 0.6) is 0 Å². The third-order valence-corrected chi connectivity index (χ3v) is 4.27. The number of hydrogen-bond acceptors (Lipinski definition) is 3. The van der Waals surface area contributed by atoms with Gasteiger partial charge in [0.2, 0.25) is 0 Å². The number of carbonyl (C=O) groups is 1. The fraction of sp³-hybridized carbons (Fsp3) is 0.533. The van der Waals surface area contributed by atoms with Crippen molar-refractivity contribution < 1.29 is 9.90 Å². The van der Waals surface area contributed by atoms with Gasteiger partial charge in [0.15, 0.2) is 0 Å². The summed E-state index contributed by atoms with van der Waals surface area (Å²) in [6.07, 6.45) is 4.74. The van der Waals surface area contributed by atoms with Gasteiger partial charge in [-0.15, -0.1) is 0 Å². The third-order valence-electron chi connectivity index (χ3n) is 3.64. The SMILES string of the molecule is CSCc1cccc(C(=O)NCC2CCCC2O)c1. The molecular formula is C15H21NO2S. The van der Waals surface area contributed by atoms with E-state index < -0.39 is 0 Å². The minimum absolute atomic E-state index is 0.0398. The molecule has 1 aromatic carbocycles. The molecule has 104 valence electrons. The first-order valence-corrected chi connectivity index (χ1v) is 8.14. The van der Waals surface area contributed by atoms with Gasteiger partial charge >= 0.3 is 0 Å². The van der Waals surface area contributed by atoms with Crippen molar-refractivity contribution in [2.45, 2.75) is 31.1 Å². The highest BCUT2D eigenvalue weighted by Gasteiger charge is 2.25. The number of carbonyl (C=O) groups excluding carboxylic acids is 1.